The third kappa shape index (κ3) is 4.03. The van der Waals surface area contributed by atoms with Crippen molar-refractivity contribution in [3.63, 3.8) is 0 Å². The van der Waals surface area contributed by atoms with Crippen molar-refractivity contribution in [2.24, 2.45) is 17.1 Å². The Morgan fingerprint density at radius 3 is 2.48 bits per heavy atom. The fourth-order valence-corrected chi connectivity index (χ4v) is 3.42. The van der Waals surface area contributed by atoms with Gasteiger partial charge in [0.15, 0.2) is 0 Å². The minimum atomic E-state index is -0.344. The molecule has 1 aliphatic carbocycles. The lowest BCUT2D eigenvalue weighted by molar-refractivity contribution is -0.384. The first-order chi connectivity index (χ1) is 9.70. The van der Waals surface area contributed by atoms with Gasteiger partial charge in [-0.3, -0.25) is 10.1 Å². The Hall–Kier alpha value is -1.42. The molecule has 1 saturated carbocycles. The standard InChI is InChI=1S/C17H26N2O2/c1-16(2,3)14-7-9-17(18,10-8-14)12-13-5-4-6-15(11-13)19(20)21/h4-6,11,14H,7-10,12,18H2,1-3H3. The Bertz CT molecular complexity index is 512. The SMILES string of the molecule is CC(C)(C)C1CCC(N)(Cc2cccc([N+](=O)[O-])c2)CC1. The second kappa shape index (κ2) is 5.76. The van der Waals surface area contributed by atoms with Crippen molar-refractivity contribution in [3.05, 3.63) is 39.9 Å². The largest absolute Gasteiger partial charge is 0.325 e. The first-order valence-electron chi connectivity index (χ1n) is 7.72. The maximum absolute atomic E-state index is 10.9. The van der Waals surface area contributed by atoms with E-state index in [9.17, 15) is 10.1 Å². The molecule has 21 heavy (non-hydrogen) atoms. The Morgan fingerprint density at radius 2 is 1.95 bits per heavy atom. The molecule has 1 aliphatic rings. The molecule has 0 saturated heterocycles. The van der Waals surface area contributed by atoms with Crippen LogP contribution in [0.3, 0.4) is 0 Å². The van der Waals surface area contributed by atoms with Crippen molar-refractivity contribution in [1.82, 2.24) is 0 Å². The first kappa shape index (κ1) is 16.0. The predicted molar refractivity (Wildman–Crippen MR) is 85.1 cm³/mol. The van der Waals surface area contributed by atoms with E-state index in [4.69, 9.17) is 5.73 Å². The summed E-state index contributed by atoms with van der Waals surface area (Å²) in [7, 11) is 0. The molecule has 116 valence electrons. The van der Waals surface area contributed by atoms with Gasteiger partial charge in [0.25, 0.3) is 5.69 Å². The van der Waals surface area contributed by atoms with E-state index in [0.29, 0.717) is 5.41 Å². The van der Waals surface area contributed by atoms with Crippen LogP contribution < -0.4 is 5.73 Å². The van der Waals surface area contributed by atoms with Crippen LogP contribution in [0.5, 0.6) is 0 Å². The molecule has 1 aromatic rings. The van der Waals surface area contributed by atoms with Crippen LogP contribution in [-0.2, 0) is 6.42 Å². The highest BCUT2D eigenvalue weighted by molar-refractivity contribution is 5.35. The molecule has 1 fully saturated rings. The summed E-state index contributed by atoms with van der Waals surface area (Å²) in [6.07, 6.45) is 5.02. The van der Waals surface area contributed by atoms with Crippen LogP contribution in [0.4, 0.5) is 5.69 Å². The molecular formula is C17H26N2O2. The highest BCUT2D eigenvalue weighted by Crippen LogP contribution is 2.41. The smallest absolute Gasteiger partial charge is 0.269 e. The molecule has 0 atom stereocenters. The van der Waals surface area contributed by atoms with Crippen LogP contribution in [0.15, 0.2) is 24.3 Å². The van der Waals surface area contributed by atoms with Gasteiger partial charge >= 0.3 is 0 Å². The molecule has 4 nitrogen and oxygen atoms in total. The average Bonchev–Trinajstić information content (AvgIpc) is 2.37. The van der Waals surface area contributed by atoms with E-state index in [1.165, 1.54) is 6.07 Å². The Morgan fingerprint density at radius 1 is 1.33 bits per heavy atom. The zero-order valence-corrected chi connectivity index (χ0v) is 13.3. The maximum atomic E-state index is 10.9. The number of nitrogens with two attached hydrogens (primary N) is 1. The summed E-state index contributed by atoms with van der Waals surface area (Å²) in [6, 6.07) is 6.88. The second-order valence-corrected chi connectivity index (χ2v) is 7.61. The maximum Gasteiger partial charge on any atom is 0.269 e. The van der Waals surface area contributed by atoms with Crippen LogP contribution in [-0.4, -0.2) is 10.5 Å². The molecule has 0 aliphatic heterocycles. The highest BCUT2D eigenvalue weighted by atomic mass is 16.6. The van der Waals surface area contributed by atoms with Gasteiger partial charge in [-0.05, 0) is 49.0 Å². The van der Waals surface area contributed by atoms with Crippen LogP contribution in [0.2, 0.25) is 0 Å². The van der Waals surface area contributed by atoms with Crippen LogP contribution >= 0.6 is 0 Å². The van der Waals surface area contributed by atoms with E-state index in [1.807, 2.05) is 6.07 Å². The Balaban J connectivity index is 2.03. The summed E-state index contributed by atoms with van der Waals surface area (Å²) in [4.78, 5) is 10.5. The number of hydrogen-bond donors (Lipinski definition) is 1. The number of nitro benzene ring substituents is 1. The fourth-order valence-electron chi connectivity index (χ4n) is 3.42. The van der Waals surface area contributed by atoms with Crippen LogP contribution in [0.25, 0.3) is 0 Å². The van der Waals surface area contributed by atoms with Crippen molar-refractivity contribution in [2.75, 3.05) is 0 Å². The van der Waals surface area contributed by atoms with Gasteiger partial charge in [0.2, 0.25) is 0 Å². The molecule has 1 aromatic carbocycles. The summed E-state index contributed by atoms with van der Waals surface area (Å²) in [6.45, 7) is 6.88. The van der Waals surface area contributed by atoms with E-state index in [1.54, 1.807) is 12.1 Å². The van der Waals surface area contributed by atoms with Crippen molar-refractivity contribution >= 4 is 5.69 Å². The highest BCUT2D eigenvalue weighted by Gasteiger charge is 2.36. The zero-order chi connectivity index (χ0) is 15.7. The summed E-state index contributed by atoms with van der Waals surface area (Å²) < 4.78 is 0. The number of nitrogens with zero attached hydrogens (tertiary/aromatic N) is 1. The van der Waals surface area contributed by atoms with E-state index in [-0.39, 0.29) is 16.1 Å². The third-order valence-corrected chi connectivity index (χ3v) is 4.88. The van der Waals surface area contributed by atoms with E-state index in [0.717, 1.165) is 43.6 Å². The Labute approximate surface area is 126 Å². The number of benzene rings is 1. The normalized spacial score (nSPS) is 26.6. The summed E-state index contributed by atoms with van der Waals surface area (Å²) in [5, 5.41) is 10.9. The van der Waals surface area contributed by atoms with E-state index < -0.39 is 0 Å². The molecule has 2 N–H and O–H groups in total. The average molecular weight is 290 g/mol. The predicted octanol–water partition coefficient (Wildman–Crippen LogP) is 4.07. The monoisotopic (exact) mass is 290 g/mol. The van der Waals surface area contributed by atoms with Gasteiger partial charge in [-0.15, -0.1) is 0 Å². The lowest BCUT2D eigenvalue weighted by atomic mass is 9.66. The topological polar surface area (TPSA) is 69.2 Å². The molecule has 0 heterocycles. The molecule has 0 spiro atoms. The number of nitro groups is 1. The molecule has 0 amide bonds. The quantitative estimate of drug-likeness (QED) is 0.674. The lowest BCUT2D eigenvalue weighted by Crippen LogP contribution is -2.46. The number of non-ortho nitro benzene ring substituents is 1. The molecular weight excluding hydrogens is 264 g/mol. The third-order valence-electron chi connectivity index (χ3n) is 4.88. The van der Waals surface area contributed by atoms with Gasteiger partial charge in [-0.25, -0.2) is 0 Å². The van der Waals surface area contributed by atoms with Crippen LogP contribution in [0.1, 0.15) is 52.0 Å². The molecule has 0 unspecified atom stereocenters. The summed E-state index contributed by atoms with van der Waals surface area (Å²) >= 11 is 0. The molecule has 0 radical (unpaired) electrons. The second-order valence-electron chi connectivity index (χ2n) is 7.61. The Kier molecular flexibility index (Phi) is 4.38. The molecule has 0 bridgehead atoms. The fraction of sp³-hybridized carbons (Fsp3) is 0.647. The number of hydrogen-bond acceptors (Lipinski definition) is 3. The number of rotatable bonds is 3. The summed E-state index contributed by atoms with van der Waals surface area (Å²) in [5.41, 5.74) is 7.81. The van der Waals surface area contributed by atoms with Crippen LogP contribution in [0, 0.1) is 21.4 Å². The minimum Gasteiger partial charge on any atom is -0.325 e. The van der Waals surface area contributed by atoms with Gasteiger partial charge in [0.1, 0.15) is 0 Å². The summed E-state index contributed by atoms with van der Waals surface area (Å²) in [5.74, 6) is 0.722. The van der Waals surface area contributed by atoms with Crippen molar-refractivity contribution in [2.45, 2.75) is 58.4 Å². The van der Waals surface area contributed by atoms with Gasteiger partial charge in [0, 0.05) is 17.7 Å². The first-order valence-corrected chi connectivity index (χ1v) is 7.72. The van der Waals surface area contributed by atoms with Gasteiger partial charge in [-0.1, -0.05) is 32.9 Å². The molecule has 0 aromatic heterocycles. The van der Waals surface area contributed by atoms with Crippen molar-refractivity contribution in [1.29, 1.82) is 0 Å². The van der Waals surface area contributed by atoms with E-state index >= 15 is 0 Å². The molecule has 4 heteroatoms. The minimum absolute atomic E-state index is 0.152. The lowest BCUT2D eigenvalue weighted by Gasteiger charge is -2.42. The van der Waals surface area contributed by atoms with Crippen molar-refractivity contribution < 1.29 is 4.92 Å². The van der Waals surface area contributed by atoms with Gasteiger partial charge in [0.05, 0.1) is 4.92 Å². The van der Waals surface area contributed by atoms with Gasteiger partial charge < -0.3 is 5.73 Å². The molecule has 2 rings (SSSR count). The van der Waals surface area contributed by atoms with Crippen molar-refractivity contribution in [3.8, 4) is 0 Å². The van der Waals surface area contributed by atoms with Gasteiger partial charge in [-0.2, -0.15) is 0 Å². The van der Waals surface area contributed by atoms with E-state index in [2.05, 4.69) is 20.8 Å². The zero-order valence-electron chi connectivity index (χ0n) is 13.3.